The fraction of sp³-hybridized carbons (Fsp3) is 0.385. The number of aryl methyl sites for hydroxylation is 1. The van der Waals surface area contributed by atoms with Gasteiger partial charge in [0.25, 0.3) is 5.91 Å². The van der Waals surface area contributed by atoms with E-state index in [1.165, 1.54) is 0 Å². The number of rotatable bonds is 4. The van der Waals surface area contributed by atoms with Crippen molar-refractivity contribution in [3.05, 3.63) is 29.3 Å². The Morgan fingerprint density at radius 1 is 1.50 bits per heavy atom. The molecular weight excluding hydrogens is 248 g/mol. The highest BCUT2D eigenvalue weighted by Crippen LogP contribution is 2.19. The first-order chi connectivity index (χ1) is 8.24. The van der Waals surface area contributed by atoms with E-state index in [0.717, 1.165) is 5.56 Å². The van der Waals surface area contributed by atoms with E-state index in [1.807, 2.05) is 20.8 Å². The van der Waals surface area contributed by atoms with Crippen LogP contribution in [0.3, 0.4) is 0 Å². The van der Waals surface area contributed by atoms with Crippen molar-refractivity contribution < 1.29 is 9.90 Å². The van der Waals surface area contributed by atoms with Gasteiger partial charge in [0.2, 0.25) is 0 Å². The van der Waals surface area contributed by atoms with Crippen LogP contribution >= 0.6 is 12.2 Å². The maximum Gasteiger partial charge on any atom is 0.255 e. The number of hydrogen-bond acceptors (Lipinski definition) is 3. The molecule has 1 rings (SSSR count). The minimum Gasteiger partial charge on any atom is -0.507 e. The lowest BCUT2D eigenvalue weighted by atomic mass is 9.93. The Labute approximate surface area is 112 Å². The average molecular weight is 266 g/mol. The Hall–Kier alpha value is -1.62. The van der Waals surface area contributed by atoms with Gasteiger partial charge in [-0.05, 0) is 24.6 Å². The summed E-state index contributed by atoms with van der Waals surface area (Å²) >= 11 is 4.92. The summed E-state index contributed by atoms with van der Waals surface area (Å²) in [5.41, 5.74) is 6.27. The Kier molecular flexibility index (Phi) is 4.29. The summed E-state index contributed by atoms with van der Waals surface area (Å²) in [5, 5.41) is 12.4. The van der Waals surface area contributed by atoms with Gasteiger partial charge in [0, 0.05) is 12.0 Å². The zero-order valence-electron chi connectivity index (χ0n) is 10.8. The largest absolute Gasteiger partial charge is 0.507 e. The number of nitrogens with one attached hydrogen (secondary N) is 1. The van der Waals surface area contributed by atoms with Crippen LogP contribution in [0.5, 0.6) is 5.75 Å². The lowest BCUT2D eigenvalue weighted by molar-refractivity contribution is 0.0942. The number of nitrogens with two attached hydrogens (primary N) is 1. The molecule has 0 aliphatic carbocycles. The molecule has 1 aromatic rings. The van der Waals surface area contributed by atoms with Crippen LogP contribution in [0.2, 0.25) is 0 Å². The Morgan fingerprint density at radius 2 is 2.11 bits per heavy atom. The zero-order valence-corrected chi connectivity index (χ0v) is 11.6. The number of hydrogen-bond donors (Lipinski definition) is 3. The molecule has 5 heteroatoms. The van der Waals surface area contributed by atoms with E-state index < -0.39 is 5.41 Å². The van der Waals surface area contributed by atoms with E-state index in [2.05, 4.69) is 5.32 Å². The molecule has 0 spiro atoms. The molecule has 0 bridgehead atoms. The smallest absolute Gasteiger partial charge is 0.255 e. The molecule has 0 aliphatic heterocycles. The Morgan fingerprint density at radius 3 is 2.61 bits per heavy atom. The van der Waals surface area contributed by atoms with Crippen molar-refractivity contribution in [3.8, 4) is 5.75 Å². The number of benzene rings is 1. The van der Waals surface area contributed by atoms with E-state index in [-0.39, 0.29) is 17.2 Å². The second-order valence-corrected chi connectivity index (χ2v) is 5.39. The van der Waals surface area contributed by atoms with E-state index in [0.29, 0.717) is 11.5 Å². The fourth-order valence-electron chi connectivity index (χ4n) is 1.32. The molecule has 98 valence electrons. The van der Waals surface area contributed by atoms with Gasteiger partial charge in [0.1, 0.15) is 5.75 Å². The molecule has 1 aromatic carbocycles. The molecule has 0 fully saturated rings. The summed E-state index contributed by atoms with van der Waals surface area (Å²) in [6.07, 6.45) is 0. The van der Waals surface area contributed by atoms with Crippen molar-refractivity contribution in [1.29, 1.82) is 0 Å². The second-order valence-electron chi connectivity index (χ2n) is 4.95. The summed E-state index contributed by atoms with van der Waals surface area (Å²) in [7, 11) is 0. The summed E-state index contributed by atoms with van der Waals surface area (Å²) in [5.74, 6) is -0.363. The van der Waals surface area contributed by atoms with Gasteiger partial charge in [-0.3, -0.25) is 4.79 Å². The maximum absolute atomic E-state index is 11.9. The number of carbonyl (C=O) groups is 1. The normalized spacial score (nSPS) is 11.1. The summed E-state index contributed by atoms with van der Waals surface area (Å²) in [6.45, 7) is 5.88. The molecule has 18 heavy (non-hydrogen) atoms. The van der Waals surface area contributed by atoms with Crippen LogP contribution in [0.1, 0.15) is 29.8 Å². The van der Waals surface area contributed by atoms with E-state index in [4.69, 9.17) is 18.0 Å². The van der Waals surface area contributed by atoms with Crippen LogP contribution in [0.15, 0.2) is 18.2 Å². The second kappa shape index (κ2) is 5.35. The van der Waals surface area contributed by atoms with Crippen molar-refractivity contribution in [2.24, 2.45) is 11.1 Å². The van der Waals surface area contributed by atoms with Gasteiger partial charge in [-0.1, -0.05) is 32.1 Å². The van der Waals surface area contributed by atoms with Crippen molar-refractivity contribution in [2.45, 2.75) is 20.8 Å². The number of aromatic hydroxyl groups is 1. The number of amides is 1. The van der Waals surface area contributed by atoms with Gasteiger partial charge in [-0.2, -0.15) is 0 Å². The van der Waals surface area contributed by atoms with Crippen molar-refractivity contribution >= 4 is 23.1 Å². The molecule has 0 saturated heterocycles. The van der Waals surface area contributed by atoms with E-state index in [1.54, 1.807) is 18.2 Å². The molecule has 0 radical (unpaired) electrons. The molecule has 0 atom stereocenters. The van der Waals surface area contributed by atoms with Crippen LogP contribution in [0, 0.1) is 12.3 Å². The molecular formula is C13H18N2O2S. The first-order valence-corrected chi connectivity index (χ1v) is 6.02. The topological polar surface area (TPSA) is 75.4 Å². The van der Waals surface area contributed by atoms with Crippen molar-refractivity contribution in [2.75, 3.05) is 6.54 Å². The summed E-state index contributed by atoms with van der Waals surface area (Å²) in [4.78, 5) is 12.2. The van der Waals surface area contributed by atoms with Crippen LogP contribution in [0.25, 0.3) is 0 Å². The van der Waals surface area contributed by atoms with Crippen LogP contribution in [0.4, 0.5) is 0 Å². The van der Waals surface area contributed by atoms with Crippen LogP contribution in [-0.2, 0) is 0 Å². The predicted molar refractivity (Wildman–Crippen MR) is 75.7 cm³/mol. The van der Waals surface area contributed by atoms with Gasteiger partial charge in [-0.15, -0.1) is 0 Å². The van der Waals surface area contributed by atoms with Gasteiger partial charge in [-0.25, -0.2) is 0 Å². The number of carbonyl (C=O) groups excluding carboxylic acids is 1. The molecule has 0 saturated carbocycles. The van der Waals surface area contributed by atoms with Crippen molar-refractivity contribution in [3.63, 3.8) is 0 Å². The molecule has 0 heterocycles. The highest BCUT2D eigenvalue weighted by Gasteiger charge is 2.23. The summed E-state index contributed by atoms with van der Waals surface area (Å²) < 4.78 is 0. The summed E-state index contributed by atoms with van der Waals surface area (Å²) in [6, 6.07) is 4.91. The highest BCUT2D eigenvalue weighted by atomic mass is 32.1. The molecule has 4 nitrogen and oxygen atoms in total. The minimum absolute atomic E-state index is 0.0272. The highest BCUT2D eigenvalue weighted by molar-refractivity contribution is 7.80. The minimum atomic E-state index is -0.453. The quantitative estimate of drug-likeness (QED) is 0.726. The SMILES string of the molecule is Cc1ccc(C(=O)NCC(C)(C)C(N)=S)c(O)c1. The lowest BCUT2D eigenvalue weighted by Gasteiger charge is -2.23. The first kappa shape index (κ1) is 14.4. The molecule has 0 aromatic heterocycles. The third-order valence-corrected chi connectivity index (χ3v) is 3.31. The standard InChI is InChI=1S/C13H18N2O2S/c1-8-4-5-9(10(16)6-8)11(17)15-7-13(2,3)12(14)18/h4-6,16H,7H2,1-3H3,(H2,14,18)(H,15,17). The van der Waals surface area contributed by atoms with Crippen molar-refractivity contribution in [1.82, 2.24) is 5.32 Å². The number of phenols is 1. The third-order valence-electron chi connectivity index (χ3n) is 2.76. The fourth-order valence-corrected chi connectivity index (χ4v) is 1.39. The average Bonchev–Trinajstić information content (AvgIpc) is 2.25. The molecule has 0 aliphatic rings. The van der Waals surface area contributed by atoms with Gasteiger partial charge in [0.15, 0.2) is 0 Å². The van der Waals surface area contributed by atoms with Gasteiger partial charge >= 0.3 is 0 Å². The van der Waals surface area contributed by atoms with Crippen LogP contribution < -0.4 is 11.1 Å². The zero-order chi connectivity index (χ0) is 13.9. The molecule has 1 amide bonds. The maximum atomic E-state index is 11.9. The van der Waals surface area contributed by atoms with Gasteiger partial charge < -0.3 is 16.2 Å². The Bertz CT molecular complexity index is 484. The van der Waals surface area contributed by atoms with E-state index in [9.17, 15) is 9.90 Å². The van der Waals surface area contributed by atoms with Gasteiger partial charge in [0.05, 0.1) is 10.6 Å². The number of thiocarbonyl (C=S) groups is 1. The third kappa shape index (κ3) is 3.43. The first-order valence-electron chi connectivity index (χ1n) is 5.62. The predicted octanol–water partition coefficient (Wildman–Crippen LogP) is 1.74. The Balaban J connectivity index is 2.75. The monoisotopic (exact) mass is 266 g/mol. The van der Waals surface area contributed by atoms with E-state index >= 15 is 0 Å². The lowest BCUT2D eigenvalue weighted by Crippen LogP contribution is -2.41. The molecule has 4 N–H and O–H groups in total. The molecule has 0 unspecified atom stereocenters. The number of phenolic OH excluding ortho intramolecular Hbond substituents is 1. The van der Waals surface area contributed by atoms with Crippen LogP contribution in [-0.4, -0.2) is 22.5 Å².